The van der Waals surface area contributed by atoms with Gasteiger partial charge in [-0.15, -0.1) is 0 Å². The zero-order valence-corrected chi connectivity index (χ0v) is 11.7. The van der Waals surface area contributed by atoms with Crippen LogP contribution in [-0.2, 0) is 0 Å². The molecule has 1 N–H and O–H groups in total. The Kier molecular flexibility index (Phi) is 3.91. The molecule has 1 aromatic rings. The number of anilines is 1. The molecule has 2 heteroatoms. The van der Waals surface area contributed by atoms with E-state index in [1.165, 1.54) is 41.4 Å². The molecule has 88 valence electrons. The van der Waals surface area contributed by atoms with E-state index in [-0.39, 0.29) is 0 Å². The summed E-state index contributed by atoms with van der Waals surface area (Å²) in [4.78, 5) is 0. The maximum atomic E-state index is 3.67. The molecule has 0 spiro atoms. The van der Waals surface area contributed by atoms with Crippen molar-refractivity contribution < 1.29 is 0 Å². The van der Waals surface area contributed by atoms with Crippen molar-refractivity contribution in [2.75, 3.05) is 5.32 Å². The molecular weight excluding hydrogens is 262 g/mol. The highest BCUT2D eigenvalue weighted by Crippen LogP contribution is 2.30. The van der Waals surface area contributed by atoms with E-state index in [1.54, 1.807) is 0 Å². The van der Waals surface area contributed by atoms with Crippen molar-refractivity contribution in [2.24, 2.45) is 5.92 Å². The van der Waals surface area contributed by atoms with Crippen LogP contribution in [0.3, 0.4) is 0 Å². The summed E-state index contributed by atoms with van der Waals surface area (Å²) in [6.45, 7) is 4.50. The number of hydrogen-bond donors (Lipinski definition) is 1. The van der Waals surface area contributed by atoms with Crippen LogP contribution in [0, 0.1) is 12.8 Å². The molecule has 16 heavy (non-hydrogen) atoms. The fourth-order valence-corrected chi connectivity index (χ4v) is 2.92. The molecule has 1 saturated carbocycles. The van der Waals surface area contributed by atoms with Crippen molar-refractivity contribution in [2.45, 2.75) is 45.6 Å². The predicted molar refractivity (Wildman–Crippen MR) is 73.9 cm³/mol. The van der Waals surface area contributed by atoms with Crippen molar-refractivity contribution in [3.8, 4) is 0 Å². The van der Waals surface area contributed by atoms with E-state index in [4.69, 9.17) is 0 Å². The summed E-state index contributed by atoms with van der Waals surface area (Å²) in [6, 6.07) is 7.07. The summed E-state index contributed by atoms with van der Waals surface area (Å²) >= 11 is 3.66. The van der Waals surface area contributed by atoms with Crippen LogP contribution in [0.1, 0.15) is 38.2 Å². The molecule has 1 fully saturated rings. The van der Waals surface area contributed by atoms with Gasteiger partial charge in [-0.3, -0.25) is 0 Å². The van der Waals surface area contributed by atoms with Crippen molar-refractivity contribution in [1.82, 2.24) is 0 Å². The quantitative estimate of drug-likeness (QED) is 0.825. The highest BCUT2D eigenvalue weighted by atomic mass is 79.9. The van der Waals surface area contributed by atoms with Crippen LogP contribution >= 0.6 is 15.9 Å². The molecule has 2 unspecified atom stereocenters. The van der Waals surface area contributed by atoms with Gasteiger partial charge < -0.3 is 5.32 Å². The monoisotopic (exact) mass is 281 g/mol. The van der Waals surface area contributed by atoms with Gasteiger partial charge in [0.2, 0.25) is 0 Å². The predicted octanol–water partition coefficient (Wildman–Crippen LogP) is 4.75. The second kappa shape index (κ2) is 5.22. The Balaban J connectivity index is 2.05. The lowest BCUT2D eigenvalue weighted by Gasteiger charge is -2.28. The molecule has 1 aromatic carbocycles. The van der Waals surface area contributed by atoms with Crippen LogP contribution < -0.4 is 5.32 Å². The minimum atomic E-state index is 0.654. The Hall–Kier alpha value is -0.500. The molecule has 0 bridgehead atoms. The number of nitrogens with one attached hydrogen (secondary N) is 1. The fraction of sp³-hybridized carbons (Fsp3) is 0.571. The molecule has 0 amide bonds. The van der Waals surface area contributed by atoms with Gasteiger partial charge in [-0.25, -0.2) is 0 Å². The average Bonchev–Trinajstić information content (AvgIpc) is 2.25. The van der Waals surface area contributed by atoms with Gasteiger partial charge >= 0.3 is 0 Å². The molecule has 1 nitrogen and oxygen atoms in total. The third-order valence-corrected chi connectivity index (χ3v) is 4.54. The average molecular weight is 282 g/mol. The van der Waals surface area contributed by atoms with E-state index in [9.17, 15) is 0 Å². The second-order valence-electron chi connectivity index (χ2n) is 5.05. The van der Waals surface area contributed by atoms with Gasteiger partial charge in [-0.2, -0.15) is 0 Å². The first-order valence-electron chi connectivity index (χ1n) is 6.18. The number of aryl methyl sites for hydroxylation is 1. The van der Waals surface area contributed by atoms with Gasteiger partial charge in [0.25, 0.3) is 0 Å². The van der Waals surface area contributed by atoms with Crippen LogP contribution in [0.5, 0.6) is 0 Å². The van der Waals surface area contributed by atoms with Crippen molar-refractivity contribution in [1.29, 1.82) is 0 Å². The molecule has 0 radical (unpaired) electrons. The molecule has 1 aliphatic carbocycles. The Morgan fingerprint density at radius 3 is 2.88 bits per heavy atom. The lowest BCUT2D eigenvalue weighted by Crippen LogP contribution is -2.26. The van der Waals surface area contributed by atoms with Gasteiger partial charge in [-0.1, -0.05) is 31.9 Å². The maximum Gasteiger partial charge on any atom is 0.0489 e. The topological polar surface area (TPSA) is 12.0 Å². The first kappa shape index (κ1) is 12.0. The minimum absolute atomic E-state index is 0.654. The van der Waals surface area contributed by atoms with Crippen molar-refractivity contribution in [3.63, 3.8) is 0 Å². The molecule has 2 atom stereocenters. The Morgan fingerprint density at radius 2 is 2.12 bits per heavy atom. The van der Waals surface area contributed by atoms with E-state index in [0.717, 1.165) is 5.92 Å². The third kappa shape index (κ3) is 2.79. The molecule has 0 aliphatic heterocycles. The minimum Gasteiger partial charge on any atom is -0.381 e. The molecule has 2 rings (SSSR count). The summed E-state index contributed by atoms with van der Waals surface area (Å²) in [5.74, 6) is 0.870. The molecular formula is C14H20BrN. The zero-order chi connectivity index (χ0) is 11.5. The first-order valence-corrected chi connectivity index (χ1v) is 6.98. The van der Waals surface area contributed by atoms with Gasteiger partial charge in [0.1, 0.15) is 0 Å². The van der Waals surface area contributed by atoms with E-state index in [1.807, 2.05) is 0 Å². The van der Waals surface area contributed by atoms with Gasteiger partial charge in [0.05, 0.1) is 0 Å². The maximum absolute atomic E-state index is 3.67. The van der Waals surface area contributed by atoms with Gasteiger partial charge in [0, 0.05) is 16.2 Å². The first-order chi connectivity index (χ1) is 7.66. The van der Waals surface area contributed by atoms with Gasteiger partial charge in [-0.05, 0) is 53.2 Å². The molecule has 0 saturated heterocycles. The summed E-state index contributed by atoms with van der Waals surface area (Å²) in [5, 5.41) is 3.67. The third-order valence-electron chi connectivity index (χ3n) is 3.49. The fourth-order valence-electron chi connectivity index (χ4n) is 2.54. The van der Waals surface area contributed by atoms with Crippen molar-refractivity contribution in [3.05, 3.63) is 28.2 Å². The van der Waals surface area contributed by atoms with E-state index in [0.29, 0.717) is 6.04 Å². The van der Waals surface area contributed by atoms with Gasteiger partial charge in [0.15, 0.2) is 0 Å². The van der Waals surface area contributed by atoms with Crippen LogP contribution in [0.4, 0.5) is 5.69 Å². The highest BCUT2D eigenvalue weighted by Gasteiger charge is 2.19. The zero-order valence-electron chi connectivity index (χ0n) is 10.1. The molecule has 1 aliphatic rings. The largest absolute Gasteiger partial charge is 0.381 e. The second-order valence-corrected chi connectivity index (χ2v) is 5.84. The number of hydrogen-bond acceptors (Lipinski definition) is 1. The smallest absolute Gasteiger partial charge is 0.0489 e. The Bertz CT molecular complexity index is 362. The summed E-state index contributed by atoms with van der Waals surface area (Å²) in [5.41, 5.74) is 2.55. The van der Waals surface area contributed by atoms with Crippen LogP contribution in [0.25, 0.3) is 0 Å². The van der Waals surface area contributed by atoms with E-state index in [2.05, 4.69) is 53.3 Å². The number of rotatable bonds is 2. The van der Waals surface area contributed by atoms with Crippen LogP contribution in [-0.4, -0.2) is 6.04 Å². The van der Waals surface area contributed by atoms with Crippen molar-refractivity contribution >= 4 is 21.6 Å². The summed E-state index contributed by atoms with van der Waals surface area (Å²) < 4.78 is 1.22. The number of halogens is 1. The highest BCUT2D eigenvalue weighted by molar-refractivity contribution is 9.10. The number of benzene rings is 1. The summed E-state index contributed by atoms with van der Waals surface area (Å²) in [7, 11) is 0. The molecule has 0 aromatic heterocycles. The lowest BCUT2D eigenvalue weighted by molar-refractivity contribution is 0.358. The molecule has 0 heterocycles. The Labute approximate surface area is 107 Å². The lowest BCUT2D eigenvalue weighted by atomic mass is 9.87. The van der Waals surface area contributed by atoms with E-state index >= 15 is 0 Å². The Morgan fingerprint density at radius 1 is 1.31 bits per heavy atom. The SMILES string of the molecule is Cc1cccc(NC2CCCC(C)C2)c1Br. The van der Waals surface area contributed by atoms with Crippen LogP contribution in [0.2, 0.25) is 0 Å². The van der Waals surface area contributed by atoms with Crippen LogP contribution in [0.15, 0.2) is 22.7 Å². The normalized spacial score (nSPS) is 25.4. The standard InChI is InChI=1S/C14H20BrN/c1-10-5-3-7-12(9-10)16-13-8-4-6-11(2)14(13)15/h4,6,8,10,12,16H,3,5,7,9H2,1-2H3. The van der Waals surface area contributed by atoms with E-state index < -0.39 is 0 Å². The summed E-state index contributed by atoms with van der Waals surface area (Å²) in [6.07, 6.45) is 5.38.